The Balaban J connectivity index is 1.48. The van der Waals surface area contributed by atoms with Crippen LogP contribution in [0.5, 0.6) is 0 Å². The molecule has 2 amide bonds. The average Bonchev–Trinajstić information content (AvgIpc) is 2.76. The molecule has 0 bridgehead atoms. The normalized spacial score (nSPS) is 13.5. The van der Waals surface area contributed by atoms with Crippen LogP contribution >= 0.6 is 0 Å². The molecule has 30 heavy (non-hydrogen) atoms. The Morgan fingerprint density at radius 1 is 1.10 bits per heavy atom. The summed E-state index contributed by atoms with van der Waals surface area (Å²) in [5.41, 5.74) is 0.977. The van der Waals surface area contributed by atoms with E-state index in [1.165, 1.54) is 18.5 Å². The van der Waals surface area contributed by atoms with E-state index in [-0.39, 0.29) is 29.5 Å². The number of pyridine rings is 2. The number of para-hydroxylation sites is 1. The first-order valence-electron chi connectivity index (χ1n) is 9.36. The molecule has 1 saturated heterocycles. The van der Waals surface area contributed by atoms with Crippen molar-refractivity contribution in [2.75, 3.05) is 35.2 Å². The van der Waals surface area contributed by atoms with Gasteiger partial charge in [0.2, 0.25) is 5.91 Å². The van der Waals surface area contributed by atoms with Crippen LogP contribution in [0.4, 0.5) is 27.4 Å². The fraction of sp³-hybridized carbons (Fsp3) is 0.143. The summed E-state index contributed by atoms with van der Waals surface area (Å²) in [6.45, 7) is 1.49. The number of aromatic nitrogens is 2. The van der Waals surface area contributed by atoms with Crippen molar-refractivity contribution >= 4 is 34.8 Å². The smallest absolute Gasteiger partial charge is 0.259 e. The second-order valence-electron chi connectivity index (χ2n) is 6.64. The summed E-state index contributed by atoms with van der Waals surface area (Å²) in [7, 11) is 0. The number of nitrogens with one attached hydrogen (secondary N) is 3. The molecule has 3 aromatic rings. The van der Waals surface area contributed by atoms with E-state index in [2.05, 4.69) is 25.9 Å². The Bertz CT molecular complexity index is 1070. The van der Waals surface area contributed by atoms with E-state index < -0.39 is 11.7 Å². The first kappa shape index (κ1) is 19.3. The second-order valence-corrected chi connectivity index (χ2v) is 6.64. The summed E-state index contributed by atoms with van der Waals surface area (Å²) in [5, 5.41) is 8.38. The molecule has 152 valence electrons. The van der Waals surface area contributed by atoms with Crippen molar-refractivity contribution in [3.8, 4) is 0 Å². The van der Waals surface area contributed by atoms with E-state index in [0.29, 0.717) is 24.6 Å². The molecule has 0 unspecified atom stereocenters. The van der Waals surface area contributed by atoms with E-state index in [9.17, 15) is 14.0 Å². The molecule has 4 rings (SSSR count). The quantitative estimate of drug-likeness (QED) is 0.602. The van der Waals surface area contributed by atoms with E-state index >= 15 is 0 Å². The molecule has 1 aromatic carbocycles. The van der Waals surface area contributed by atoms with Gasteiger partial charge in [0.15, 0.2) is 0 Å². The van der Waals surface area contributed by atoms with Gasteiger partial charge in [0.25, 0.3) is 5.91 Å². The fourth-order valence-corrected chi connectivity index (χ4v) is 3.06. The minimum absolute atomic E-state index is 0.0492. The van der Waals surface area contributed by atoms with E-state index in [4.69, 9.17) is 0 Å². The van der Waals surface area contributed by atoms with Gasteiger partial charge in [-0.05, 0) is 36.4 Å². The summed E-state index contributed by atoms with van der Waals surface area (Å²) in [6, 6.07) is 12.8. The number of hydrogen-bond acceptors (Lipinski definition) is 6. The van der Waals surface area contributed by atoms with Gasteiger partial charge in [0.1, 0.15) is 17.5 Å². The predicted octanol–water partition coefficient (Wildman–Crippen LogP) is 2.55. The van der Waals surface area contributed by atoms with Gasteiger partial charge in [-0.2, -0.15) is 0 Å². The number of benzene rings is 1. The van der Waals surface area contributed by atoms with Crippen LogP contribution in [0.25, 0.3) is 0 Å². The molecular formula is C21H19FN6O2. The molecule has 1 aliphatic heterocycles. The summed E-state index contributed by atoms with van der Waals surface area (Å²) >= 11 is 0. The molecule has 0 saturated carbocycles. The first-order chi connectivity index (χ1) is 14.6. The summed E-state index contributed by atoms with van der Waals surface area (Å²) in [6.07, 6.45) is 3.05. The first-order valence-corrected chi connectivity index (χ1v) is 9.36. The van der Waals surface area contributed by atoms with E-state index in [1.54, 1.807) is 42.5 Å². The van der Waals surface area contributed by atoms with Crippen molar-refractivity contribution in [3.63, 3.8) is 0 Å². The number of carbonyl (C=O) groups is 2. The highest BCUT2D eigenvalue weighted by molar-refractivity contribution is 6.07. The van der Waals surface area contributed by atoms with Crippen molar-refractivity contribution < 1.29 is 14.0 Å². The number of rotatable bonds is 5. The molecule has 0 radical (unpaired) electrons. The standard InChI is InChI=1S/C21H19FN6O2/c22-16-5-1-2-6-17(16)27-20-15(4-3-9-24-20)21(30)26-14-7-8-18(25-12-14)28-11-10-23-19(29)13-28/h1-9,12H,10-11,13H2,(H,23,29)(H,24,27)(H,26,30). The predicted molar refractivity (Wildman–Crippen MR) is 111 cm³/mol. The molecule has 0 spiro atoms. The van der Waals surface area contributed by atoms with Crippen LogP contribution in [0.2, 0.25) is 0 Å². The van der Waals surface area contributed by atoms with Crippen LogP contribution in [-0.4, -0.2) is 41.4 Å². The van der Waals surface area contributed by atoms with Crippen LogP contribution in [0, 0.1) is 5.82 Å². The van der Waals surface area contributed by atoms with Crippen LogP contribution < -0.4 is 20.9 Å². The Kier molecular flexibility index (Phi) is 5.51. The fourth-order valence-electron chi connectivity index (χ4n) is 3.06. The maximum Gasteiger partial charge on any atom is 0.259 e. The Hall–Kier alpha value is -4.01. The lowest BCUT2D eigenvalue weighted by atomic mass is 10.2. The minimum atomic E-state index is -0.444. The topological polar surface area (TPSA) is 99.2 Å². The zero-order valence-electron chi connectivity index (χ0n) is 15.9. The lowest BCUT2D eigenvalue weighted by molar-refractivity contribution is -0.120. The Morgan fingerprint density at radius 2 is 1.97 bits per heavy atom. The molecule has 0 atom stereocenters. The van der Waals surface area contributed by atoms with Gasteiger partial charge >= 0.3 is 0 Å². The van der Waals surface area contributed by atoms with Gasteiger partial charge < -0.3 is 20.9 Å². The maximum atomic E-state index is 13.9. The third-order valence-electron chi connectivity index (χ3n) is 4.55. The third kappa shape index (κ3) is 4.35. The lowest BCUT2D eigenvalue weighted by Crippen LogP contribution is -2.48. The number of anilines is 4. The average molecular weight is 406 g/mol. The zero-order valence-corrected chi connectivity index (χ0v) is 15.9. The molecule has 3 N–H and O–H groups in total. The van der Waals surface area contributed by atoms with Crippen LogP contribution in [0.1, 0.15) is 10.4 Å². The van der Waals surface area contributed by atoms with Gasteiger partial charge in [0, 0.05) is 19.3 Å². The summed E-state index contributed by atoms with van der Waals surface area (Å²) in [5.74, 6) is -0.00318. The lowest BCUT2D eigenvalue weighted by Gasteiger charge is -2.27. The Labute approximate surface area is 172 Å². The minimum Gasteiger partial charge on any atom is -0.353 e. The van der Waals surface area contributed by atoms with Gasteiger partial charge in [0.05, 0.1) is 29.7 Å². The maximum absolute atomic E-state index is 13.9. The third-order valence-corrected chi connectivity index (χ3v) is 4.55. The van der Waals surface area contributed by atoms with Crippen LogP contribution in [-0.2, 0) is 4.79 Å². The monoisotopic (exact) mass is 406 g/mol. The van der Waals surface area contributed by atoms with E-state index in [0.717, 1.165) is 0 Å². The van der Waals surface area contributed by atoms with Crippen LogP contribution in [0.3, 0.4) is 0 Å². The SMILES string of the molecule is O=C1CN(c2ccc(NC(=O)c3cccnc3Nc3ccccc3F)cn2)CCN1. The highest BCUT2D eigenvalue weighted by atomic mass is 19.1. The highest BCUT2D eigenvalue weighted by Crippen LogP contribution is 2.22. The zero-order chi connectivity index (χ0) is 20.9. The number of nitrogens with zero attached hydrogens (tertiary/aromatic N) is 3. The van der Waals surface area contributed by atoms with Gasteiger partial charge in [-0.3, -0.25) is 9.59 Å². The molecular weight excluding hydrogens is 387 g/mol. The number of amides is 2. The molecule has 9 heteroatoms. The molecule has 8 nitrogen and oxygen atoms in total. The number of halogens is 1. The molecule has 2 aromatic heterocycles. The van der Waals surface area contributed by atoms with Crippen molar-refractivity contribution in [1.29, 1.82) is 0 Å². The second kappa shape index (κ2) is 8.56. The Morgan fingerprint density at radius 3 is 2.73 bits per heavy atom. The summed E-state index contributed by atoms with van der Waals surface area (Å²) < 4.78 is 13.9. The molecule has 1 fully saturated rings. The van der Waals surface area contributed by atoms with Gasteiger partial charge in [-0.25, -0.2) is 14.4 Å². The van der Waals surface area contributed by atoms with Crippen LogP contribution in [0.15, 0.2) is 60.9 Å². The van der Waals surface area contributed by atoms with Crippen molar-refractivity contribution in [2.24, 2.45) is 0 Å². The summed E-state index contributed by atoms with van der Waals surface area (Å²) in [4.78, 5) is 34.7. The highest BCUT2D eigenvalue weighted by Gasteiger charge is 2.18. The van der Waals surface area contributed by atoms with Crippen molar-refractivity contribution in [1.82, 2.24) is 15.3 Å². The molecule has 1 aliphatic rings. The van der Waals surface area contributed by atoms with E-state index in [1.807, 2.05) is 4.90 Å². The van der Waals surface area contributed by atoms with Gasteiger partial charge in [-0.15, -0.1) is 0 Å². The van der Waals surface area contributed by atoms with Crippen molar-refractivity contribution in [3.05, 3.63) is 72.3 Å². The molecule has 3 heterocycles. The molecule has 0 aliphatic carbocycles. The van der Waals surface area contributed by atoms with Crippen molar-refractivity contribution in [2.45, 2.75) is 0 Å². The number of carbonyl (C=O) groups excluding carboxylic acids is 2. The number of piperazine rings is 1. The largest absolute Gasteiger partial charge is 0.353 e. The number of hydrogen-bond donors (Lipinski definition) is 3. The van der Waals surface area contributed by atoms with Gasteiger partial charge in [-0.1, -0.05) is 12.1 Å².